The van der Waals surface area contributed by atoms with E-state index in [0.717, 1.165) is 16.9 Å². The number of rotatable bonds is 9. The number of aromatic nitrogens is 2. The summed E-state index contributed by atoms with van der Waals surface area (Å²) in [5, 5.41) is 2.40. The standard InChI is InChI=1S/C21H24N2O5S/c1-4-26-10-11-28-21(25)14(3)23-13-22-19-18(20(23)24)17(12-29-19)15-6-8-16(9-7-15)27-5-2/h6-9,12-14H,4-5,10-11H2,1-3H3/t14-/m1/s1. The summed E-state index contributed by atoms with van der Waals surface area (Å²) in [7, 11) is 0. The molecule has 0 saturated heterocycles. The fourth-order valence-electron chi connectivity index (χ4n) is 2.91. The van der Waals surface area contributed by atoms with Gasteiger partial charge in [0.2, 0.25) is 0 Å². The lowest BCUT2D eigenvalue weighted by atomic mass is 10.1. The van der Waals surface area contributed by atoms with Crippen LogP contribution in [0.2, 0.25) is 0 Å². The van der Waals surface area contributed by atoms with Gasteiger partial charge in [0.1, 0.15) is 23.2 Å². The lowest BCUT2D eigenvalue weighted by Crippen LogP contribution is -2.30. The van der Waals surface area contributed by atoms with E-state index in [1.54, 1.807) is 6.92 Å². The van der Waals surface area contributed by atoms with Crippen LogP contribution in [0.3, 0.4) is 0 Å². The quantitative estimate of drug-likeness (QED) is 0.391. The van der Waals surface area contributed by atoms with Crippen molar-refractivity contribution in [2.24, 2.45) is 0 Å². The minimum atomic E-state index is -0.783. The van der Waals surface area contributed by atoms with E-state index in [-0.39, 0.29) is 12.2 Å². The number of carbonyl (C=O) groups excluding carboxylic acids is 1. The summed E-state index contributed by atoms with van der Waals surface area (Å²) >= 11 is 1.40. The number of fused-ring (bicyclic) bond motifs is 1. The van der Waals surface area contributed by atoms with Gasteiger partial charge in [-0.2, -0.15) is 0 Å². The Bertz CT molecular complexity index is 1030. The minimum Gasteiger partial charge on any atom is -0.494 e. The highest BCUT2D eigenvalue weighted by Gasteiger charge is 2.21. The molecule has 1 atom stereocenters. The predicted octanol–water partition coefficient (Wildman–Crippen LogP) is 3.66. The first-order valence-corrected chi connectivity index (χ1v) is 10.4. The van der Waals surface area contributed by atoms with Gasteiger partial charge < -0.3 is 14.2 Å². The number of carbonyl (C=O) groups is 1. The van der Waals surface area contributed by atoms with E-state index < -0.39 is 12.0 Å². The summed E-state index contributed by atoms with van der Waals surface area (Å²) in [6.07, 6.45) is 1.40. The van der Waals surface area contributed by atoms with Crippen molar-refractivity contribution in [1.82, 2.24) is 9.55 Å². The SMILES string of the molecule is CCOCCOC(=O)[C@@H](C)n1cnc2scc(-c3ccc(OCC)cc3)c2c1=O. The molecule has 0 amide bonds. The van der Waals surface area contributed by atoms with Gasteiger partial charge in [0.05, 0.1) is 24.9 Å². The average molecular weight is 416 g/mol. The van der Waals surface area contributed by atoms with Crippen molar-refractivity contribution in [3.63, 3.8) is 0 Å². The van der Waals surface area contributed by atoms with Gasteiger partial charge in [-0.05, 0) is 38.5 Å². The van der Waals surface area contributed by atoms with Gasteiger partial charge in [0.25, 0.3) is 5.56 Å². The Balaban J connectivity index is 1.90. The molecule has 0 N–H and O–H groups in total. The maximum atomic E-state index is 13.1. The van der Waals surface area contributed by atoms with E-state index in [2.05, 4.69) is 4.98 Å². The molecule has 1 aromatic carbocycles. The van der Waals surface area contributed by atoms with Crippen LogP contribution in [-0.2, 0) is 14.3 Å². The van der Waals surface area contributed by atoms with E-state index in [1.807, 2.05) is 43.5 Å². The van der Waals surface area contributed by atoms with Gasteiger partial charge >= 0.3 is 5.97 Å². The van der Waals surface area contributed by atoms with Crippen molar-refractivity contribution in [3.8, 4) is 16.9 Å². The third-order valence-corrected chi connectivity index (χ3v) is 5.32. The zero-order valence-corrected chi connectivity index (χ0v) is 17.5. The molecule has 0 fully saturated rings. The molecule has 29 heavy (non-hydrogen) atoms. The molecule has 7 nitrogen and oxygen atoms in total. The topological polar surface area (TPSA) is 79.7 Å². The van der Waals surface area contributed by atoms with Gasteiger partial charge in [-0.1, -0.05) is 12.1 Å². The molecule has 2 aromatic heterocycles. The van der Waals surface area contributed by atoms with Crippen LogP contribution in [0, 0.1) is 0 Å². The van der Waals surface area contributed by atoms with Crippen LogP contribution in [0.15, 0.2) is 40.8 Å². The van der Waals surface area contributed by atoms with Crippen molar-refractivity contribution in [2.75, 3.05) is 26.4 Å². The summed E-state index contributed by atoms with van der Waals surface area (Å²) in [5.41, 5.74) is 1.41. The Morgan fingerprint density at radius 2 is 1.93 bits per heavy atom. The minimum absolute atomic E-state index is 0.150. The Hall–Kier alpha value is -2.71. The zero-order chi connectivity index (χ0) is 20.8. The molecular formula is C21H24N2O5S. The highest BCUT2D eigenvalue weighted by molar-refractivity contribution is 7.17. The molecule has 0 bridgehead atoms. The maximum Gasteiger partial charge on any atom is 0.329 e. The largest absolute Gasteiger partial charge is 0.494 e. The smallest absolute Gasteiger partial charge is 0.329 e. The van der Waals surface area contributed by atoms with Crippen LogP contribution < -0.4 is 10.3 Å². The van der Waals surface area contributed by atoms with E-state index in [1.165, 1.54) is 22.2 Å². The molecule has 3 rings (SSSR count). The highest BCUT2D eigenvalue weighted by atomic mass is 32.1. The molecule has 3 aromatic rings. The van der Waals surface area contributed by atoms with Gasteiger partial charge in [-0.25, -0.2) is 9.78 Å². The molecule has 0 aliphatic heterocycles. The van der Waals surface area contributed by atoms with Crippen LogP contribution in [0.5, 0.6) is 5.75 Å². The average Bonchev–Trinajstić information content (AvgIpc) is 3.17. The van der Waals surface area contributed by atoms with Crippen molar-refractivity contribution in [2.45, 2.75) is 26.8 Å². The number of benzene rings is 1. The second kappa shape index (κ2) is 9.67. The van der Waals surface area contributed by atoms with Crippen LogP contribution in [-0.4, -0.2) is 41.9 Å². The fraction of sp³-hybridized carbons (Fsp3) is 0.381. The van der Waals surface area contributed by atoms with Gasteiger partial charge in [-0.3, -0.25) is 9.36 Å². The highest BCUT2D eigenvalue weighted by Crippen LogP contribution is 2.31. The van der Waals surface area contributed by atoms with Gasteiger partial charge in [0, 0.05) is 17.6 Å². The Morgan fingerprint density at radius 3 is 2.62 bits per heavy atom. The van der Waals surface area contributed by atoms with E-state index >= 15 is 0 Å². The maximum absolute atomic E-state index is 13.1. The molecule has 0 aliphatic rings. The first-order valence-electron chi connectivity index (χ1n) is 9.52. The first kappa shape index (κ1) is 21.0. The molecule has 0 spiro atoms. The summed E-state index contributed by atoms with van der Waals surface area (Å²) in [6.45, 7) is 7.05. The first-order chi connectivity index (χ1) is 14.1. The van der Waals surface area contributed by atoms with E-state index in [4.69, 9.17) is 14.2 Å². The monoisotopic (exact) mass is 416 g/mol. The van der Waals surface area contributed by atoms with Gasteiger partial charge in [0.15, 0.2) is 0 Å². The lowest BCUT2D eigenvalue weighted by molar-refractivity contribution is -0.148. The van der Waals surface area contributed by atoms with Crippen LogP contribution in [0.1, 0.15) is 26.8 Å². The van der Waals surface area contributed by atoms with Crippen molar-refractivity contribution in [1.29, 1.82) is 0 Å². The number of hydrogen-bond donors (Lipinski definition) is 0. The Kier molecular flexibility index (Phi) is 7.00. The summed E-state index contributed by atoms with van der Waals surface area (Å²) < 4.78 is 17.2. The number of hydrogen-bond acceptors (Lipinski definition) is 7. The number of nitrogens with zero attached hydrogens (tertiary/aromatic N) is 2. The third-order valence-electron chi connectivity index (χ3n) is 4.43. The molecule has 0 aliphatic carbocycles. The number of thiophene rings is 1. The zero-order valence-electron chi connectivity index (χ0n) is 16.7. The molecular weight excluding hydrogens is 392 g/mol. The summed E-state index contributed by atoms with van der Waals surface area (Å²) in [5.74, 6) is 0.278. The second-order valence-corrected chi connectivity index (χ2v) is 7.14. The Labute approximate surface area is 172 Å². The van der Waals surface area contributed by atoms with Crippen molar-refractivity contribution < 1.29 is 19.0 Å². The predicted molar refractivity (Wildman–Crippen MR) is 113 cm³/mol. The third kappa shape index (κ3) is 4.65. The molecule has 8 heteroatoms. The van der Waals surface area contributed by atoms with Crippen molar-refractivity contribution >= 4 is 27.5 Å². The van der Waals surface area contributed by atoms with E-state index in [9.17, 15) is 9.59 Å². The number of esters is 1. The summed E-state index contributed by atoms with van der Waals surface area (Å²) in [4.78, 5) is 30.5. The number of ether oxygens (including phenoxy) is 3. The Morgan fingerprint density at radius 1 is 1.17 bits per heavy atom. The lowest BCUT2D eigenvalue weighted by Gasteiger charge is -2.14. The summed E-state index contributed by atoms with van der Waals surface area (Å²) in [6, 6.07) is 6.78. The van der Waals surface area contributed by atoms with Crippen LogP contribution in [0.25, 0.3) is 21.3 Å². The molecule has 0 unspecified atom stereocenters. The molecule has 2 heterocycles. The molecule has 154 valence electrons. The van der Waals surface area contributed by atoms with Gasteiger partial charge in [-0.15, -0.1) is 11.3 Å². The normalized spacial score (nSPS) is 12.1. The fourth-order valence-corrected chi connectivity index (χ4v) is 3.82. The van der Waals surface area contributed by atoms with Crippen LogP contribution in [0.4, 0.5) is 0 Å². The van der Waals surface area contributed by atoms with E-state index in [0.29, 0.717) is 30.0 Å². The second-order valence-electron chi connectivity index (χ2n) is 6.28. The van der Waals surface area contributed by atoms with Crippen LogP contribution >= 0.6 is 11.3 Å². The van der Waals surface area contributed by atoms with Crippen molar-refractivity contribution in [3.05, 3.63) is 46.3 Å². The molecule has 0 saturated carbocycles. The molecule has 0 radical (unpaired) electrons.